The smallest absolute Gasteiger partial charge is 0.0568 e. The van der Waals surface area contributed by atoms with Crippen molar-refractivity contribution in [1.82, 2.24) is 0 Å². The third-order valence-electron chi connectivity index (χ3n) is 11.1. The zero-order chi connectivity index (χ0) is 21.8. The molecular formula is C29H48O. The Kier molecular flexibility index (Phi) is 6.10. The lowest BCUT2D eigenvalue weighted by Gasteiger charge is -2.59. The summed E-state index contributed by atoms with van der Waals surface area (Å²) in [4.78, 5) is 0. The predicted octanol–water partition coefficient (Wildman–Crippen LogP) is 7.80. The highest BCUT2D eigenvalue weighted by Gasteiger charge is 2.59. The first-order valence-corrected chi connectivity index (χ1v) is 13.1. The molecule has 0 radical (unpaired) electrons. The number of fused-ring (bicyclic) bond motifs is 5. The van der Waals surface area contributed by atoms with Crippen LogP contribution in [0.1, 0.15) is 99.8 Å². The molecule has 0 aliphatic heterocycles. The van der Waals surface area contributed by atoms with Gasteiger partial charge in [-0.15, -0.1) is 0 Å². The standard InChI is InChI=1S/C29H48O/c1-18(2)19(3)8-9-20(4)23-12-13-25-22-10-11-24-21(5)27(30)15-17-29(24,7)26(22)14-16-28(23,25)6/h8,10,18,20-21,23-27,30H,9,11-17H2,1-7H3/t20-,21+,23-,24+,25?,26?,27+,28-,29+/m1/s1. The molecule has 30 heavy (non-hydrogen) atoms. The van der Waals surface area contributed by atoms with Crippen LogP contribution in [0, 0.1) is 52.3 Å². The SMILES string of the molecule is CC(=CC[C@@H](C)[C@H]1CCC2C3=CC[C@H]4[C@H](C)[C@@H](O)CC[C@]4(C)C3CC[C@@]21C)C(C)C. The van der Waals surface area contributed by atoms with Gasteiger partial charge >= 0.3 is 0 Å². The van der Waals surface area contributed by atoms with Gasteiger partial charge in [-0.05, 0) is 111 Å². The Morgan fingerprint density at radius 2 is 1.73 bits per heavy atom. The Balaban J connectivity index is 1.55. The molecule has 1 nitrogen and oxygen atoms in total. The van der Waals surface area contributed by atoms with Gasteiger partial charge in [0.15, 0.2) is 0 Å². The fourth-order valence-electron chi connectivity index (χ4n) is 8.69. The Labute approximate surface area is 186 Å². The fraction of sp³-hybridized carbons (Fsp3) is 0.862. The van der Waals surface area contributed by atoms with Gasteiger partial charge in [0, 0.05) is 0 Å². The van der Waals surface area contributed by atoms with E-state index in [0.717, 1.165) is 30.1 Å². The highest BCUT2D eigenvalue weighted by molar-refractivity contribution is 5.28. The molecule has 9 atom stereocenters. The Morgan fingerprint density at radius 3 is 2.43 bits per heavy atom. The molecule has 4 aliphatic carbocycles. The maximum Gasteiger partial charge on any atom is 0.0568 e. The second-order valence-corrected chi connectivity index (χ2v) is 12.7. The van der Waals surface area contributed by atoms with E-state index in [4.69, 9.17) is 0 Å². The van der Waals surface area contributed by atoms with Crippen molar-refractivity contribution < 1.29 is 5.11 Å². The first kappa shape index (κ1) is 22.6. The average Bonchev–Trinajstić information content (AvgIpc) is 3.06. The van der Waals surface area contributed by atoms with Crippen LogP contribution in [0.15, 0.2) is 23.3 Å². The molecule has 0 aromatic carbocycles. The lowest BCUT2D eigenvalue weighted by Crippen LogP contribution is -2.52. The fourth-order valence-corrected chi connectivity index (χ4v) is 8.69. The third kappa shape index (κ3) is 3.46. The van der Waals surface area contributed by atoms with E-state index in [-0.39, 0.29) is 6.10 Å². The summed E-state index contributed by atoms with van der Waals surface area (Å²) in [6, 6.07) is 0. The number of hydrogen-bond donors (Lipinski definition) is 1. The second kappa shape index (κ2) is 8.09. The predicted molar refractivity (Wildman–Crippen MR) is 128 cm³/mol. The molecular weight excluding hydrogens is 364 g/mol. The topological polar surface area (TPSA) is 20.2 Å². The zero-order valence-corrected chi connectivity index (χ0v) is 20.9. The summed E-state index contributed by atoms with van der Waals surface area (Å²) in [5, 5.41) is 10.5. The highest BCUT2D eigenvalue weighted by Crippen LogP contribution is 2.67. The van der Waals surface area contributed by atoms with Gasteiger partial charge in [0.2, 0.25) is 0 Å². The van der Waals surface area contributed by atoms with Gasteiger partial charge in [-0.25, -0.2) is 0 Å². The zero-order valence-electron chi connectivity index (χ0n) is 20.9. The Bertz CT molecular complexity index is 701. The van der Waals surface area contributed by atoms with Crippen LogP contribution < -0.4 is 0 Å². The molecule has 3 saturated carbocycles. The van der Waals surface area contributed by atoms with Crippen molar-refractivity contribution in [2.24, 2.45) is 52.3 Å². The number of rotatable bonds is 4. The van der Waals surface area contributed by atoms with E-state index in [1.807, 2.05) is 5.57 Å². The largest absolute Gasteiger partial charge is 0.393 e. The van der Waals surface area contributed by atoms with E-state index < -0.39 is 0 Å². The molecule has 0 saturated heterocycles. The maximum absolute atomic E-state index is 10.5. The van der Waals surface area contributed by atoms with E-state index in [9.17, 15) is 5.11 Å². The normalized spacial score (nSPS) is 47.4. The van der Waals surface area contributed by atoms with E-state index in [0.29, 0.717) is 28.6 Å². The van der Waals surface area contributed by atoms with Gasteiger partial charge in [0.1, 0.15) is 0 Å². The molecule has 0 spiro atoms. The molecule has 4 rings (SSSR count). The molecule has 1 heteroatoms. The summed E-state index contributed by atoms with van der Waals surface area (Å²) in [5.41, 5.74) is 4.34. The molecule has 0 heterocycles. The van der Waals surface area contributed by atoms with Gasteiger partial charge in [-0.3, -0.25) is 0 Å². The molecule has 0 aromatic rings. The minimum atomic E-state index is -0.0778. The van der Waals surface area contributed by atoms with Crippen LogP contribution in [0.3, 0.4) is 0 Å². The number of aliphatic hydroxyl groups excluding tert-OH is 1. The summed E-state index contributed by atoms with van der Waals surface area (Å²) >= 11 is 0. The number of allylic oxidation sites excluding steroid dienone is 4. The average molecular weight is 413 g/mol. The van der Waals surface area contributed by atoms with E-state index in [1.54, 1.807) is 5.57 Å². The molecule has 1 N–H and O–H groups in total. The van der Waals surface area contributed by atoms with Crippen molar-refractivity contribution in [1.29, 1.82) is 0 Å². The summed E-state index contributed by atoms with van der Waals surface area (Å²) < 4.78 is 0. The summed E-state index contributed by atoms with van der Waals surface area (Å²) in [5.74, 6) is 5.08. The van der Waals surface area contributed by atoms with Crippen LogP contribution in [0.2, 0.25) is 0 Å². The molecule has 4 aliphatic rings. The van der Waals surface area contributed by atoms with Crippen molar-refractivity contribution in [3.8, 4) is 0 Å². The first-order chi connectivity index (χ1) is 14.1. The van der Waals surface area contributed by atoms with Crippen molar-refractivity contribution >= 4 is 0 Å². The van der Waals surface area contributed by atoms with Gasteiger partial charge in [-0.2, -0.15) is 0 Å². The minimum absolute atomic E-state index is 0.0778. The maximum atomic E-state index is 10.5. The Hall–Kier alpha value is -0.560. The lowest BCUT2D eigenvalue weighted by atomic mass is 9.46. The molecule has 0 aromatic heterocycles. The van der Waals surface area contributed by atoms with Gasteiger partial charge in [-0.1, -0.05) is 64.8 Å². The highest BCUT2D eigenvalue weighted by atomic mass is 16.3. The summed E-state index contributed by atoms with van der Waals surface area (Å²) in [7, 11) is 0. The molecule has 2 unspecified atom stereocenters. The van der Waals surface area contributed by atoms with E-state index in [1.165, 1.54) is 44.9 Å². The lowest BCUT2D eigenvalue weighted by molar-refractivity contribution is -0.0772. The van der Waals surface area contributed by atoms with Crippen LogP contribution in [0.4, 0.5) is 0 Å². The van der Waals surface area contributed by atoms with Crippen LogP contribution in [-0.2, 0) is 0 Å². The van der Waals surface area contributed by atoms with Gasteiger partial charge < -0.3 is 5.11 Å². The molecule has 3 fully saturated rings. The van der Waals surface area contributed by atoms with Crippen molar-refractivity contribution in [3.63, 3.8) is 0 Å². The first-order valence-electron chi connectivity index (χ1n) is 13.1. The van der Waals surface area contributed by atoms with Crippen LogP contribution >= 0.6 is 0 Å². The van der Waals surface area contributed by atoms with Crippen LogP contribution in [-0.4, -0.2) is 11.2 Å². The number of aliphatic hydroxyl groups is 1. The molecule has 170 valence electrons. The summed E-state index contributed by atoms with van der Waals surface area (Å²) in [6.45, 7) is 17.1. The van der Waals surface area contributed by atoms with Gasteiger partial charge in [0.05, 0.1) is 6.10 Å². The third-order valence-corrected chi connectivity index (χ3v) is 11.1. The van der Waals surface area contributed by atoms with E-state index >= 15 is 0 Å². The monoisotopic (exact) mass is 412 g/mol. The van der Waals surface area contributed by atoms with Crippen molar-refractivity contribution in [2.45, 2.75) is 106 Å². The van der Waals surface area contributed by atoms with Crippen LogP contribution in [0.5, 0.6) is 0 Å². The quantitative estimate of drug-likeness (QED) is 0.467. The van der Waals surface area contributed by atoms with Crippen LogP contribution in [0.25, 0.3) is 0 Å². The second-order valence-electron chi connectivity index (χ2n) is 12.7. The Morgan fingerprint density at radius 1 is 1.07 bits per heavy atom. The summed E-state index contributed by atoms with van der Waals surface area (Å²) in [6.07, 6.45) is 15.5. The van der Waals surface area contributed by atoms with Gasteiger partial charge in [0.25, 0.3) is 0 Å². The number of hydrogen-bond acceptors (Lipinski definition) is 1. The molecule has 0 amide bonds. The van der Waals surface area contributed by atoms with Crippen molar-refractivity contribution in [2.75, 3.05) is 0 Å². The molecule has 0 bridgehead atoms. The van der Waals surface area contributed by atoms with Crippen molar-refractivity contribution in [3.05, 3.63) is 23.3 Å². The minimum Gasteiger partial charge on any atom is -0.393 e. The van der Waals surface area contributed by atoms with E-state index in [2.05, 4.69) is 60.6 Å².